The van der Waals surface area contributed by atoms with Crippen LogP contribution in [0.2, 0.25) is 0 Å². The minimum absolute atomic E-state index is 0.150. The molecule has 1 rings (SSSR count). The Bertz CT molecular complexity index is 319. The standard InChI is InChI=1S/C13H23NO4S/c1-13(2,3)18-12(17)14-9-4-6-10(7-5-9)19-8-11(15)16/h9-10H,4-8H2,1-3H3,(H,14,17)(H,15,16). The van der Waals surface area contributed by atoms with Crippen LogP contribution >= 0.6 is 11.8 Å². The number of carbonyl (C=O) groups is 2. The molecule has 1 fully saturated rings. The van der Waals surface area contributed by atoms with Gasteiger partial charge in [-0.2, -0.15) is 0 Å². The summed E-state index contributed by atoms with van der Waals surface area (Å²) in [6, 6.07) is 0.150. The van der Waals surface area contributed by atoms with E-state index in [-0.39, 0.29) is 17.9 Å². The van der Waals surface area contributed by atoms with Crippen molar-refractivity contribution in [3.05, 3.63) is 0 Å². The Labute approximate surface area is 118 Å². The quantitative estimate of drug-likeness (QED) is 0.832. The average Bonchev–Trinajstić information content (AvgIpc) is 2.25. The first-order valence-corrected chi connectivity index (χ1v) is 7.64. The Morgan fingerprint density at radius 2 is 1.84 bits per heavy atom. The first-order valence-electron chi connectivity index (χ1n) is 6.59. The number of nitrogens with one attached hydrogen (secondary N) is 1. The zero-order valence-corrected chi connectivity index (χ0v) is 12.6. The molecule has 1 aliphatic carbocycles. The summed E-state index contributed by atoms with van der Waals surface area (Å²) in [5, 5.41) is 11.9. The van der Waals surface area contributed by atoms with Crippen molar-refractivity contribution >= 4 is 23.8 Å². The molecule has 0 unspecified atom stereocenters. The molecule has 110 valence electrons. The van der Waals surface area contributed by atoms with Crippen LogP contribution in [0.4, 0.5) is 4.79 Å². The number of hydrogen-bond donors (Lipinski definition) is 2. The number of ether oxygens (including phenoxy) is 1. The molecular formula is C13H23NO4S. The zero-order chi connectivity index (χ0) is 14.5. The number of amides is 1. The Morgan fingerprint density at radius 1 is 1.26 bits per heavy atom. The molecule has 0 aromatic rings. The molecule has 0 atom stereocenters. The number of rotatable bonds is 4. The molecule has 0 aromatic carbocycles. The van der Waals surface area contributed by atoms with Crippen LogP contribution < -0.4 is 5.32 Å². The van der Waals surface area contributed by atoms with Crippen LogP contribution in [0.15, 0.2) is 0 Å². The van der Waals surface area contributed by atoms with Gasteiger partial charge in [-0.05, 0) is 46.5 Å². The van der Waals surface area contributed by atoms with Crippen molar-refractivity contribution < 1.29 is 19.4 Å². The van der Waals surface area contributed by atoms with E-state index >= 15 is 0 Å². The number of carboxylic acids is 1. The molecule has 2 N–H and O–H groups in total. The number of carboxylic acid groups (broad SMARTS) is 1. The van der Waals surface area contributed by atoms with Gasteiger partial charge in [-0.15, -0.1) is 11.8 Å². The van der Waals surface area contributed by atoms with Gasteiger partial charge in [-0.1, -0.05) is 0 Å². The van der Waals surface area contributed by atoms with Gasteiger partial charge in [0.05, 0.1) is 5.75 Å². The maximum atomic E-state index is 11.6. The molecule has 0 bridgehead atoms. The molecule has 6 heteroatoms. The molecule has 19 heavy (non-hydrogen) atoms. The molecule has 0 radical (unpaired) electrons. The molecule has 1 amide bonds. The van der Waals surface area contributed by atoms with Gasteiger partial charge >= 0.3 is 12.1 Å². The molecule has 0 aliphatic heterocycles. The van der Waals surface area contributed by atoms with E-state index in [9.17, 15) is 9.59 Å². The summed E-state index contributed by atoms with van der Waals surface area (Å²) in [6.45, 7) is 5.52. The minimum Gasteiger partial charge on any atom is -0.481 e. The van der Waals surface area contributed by atoms with E-state index in [1.165, 1.54) is 11.8 Å². The van der Waals surface area contributed by atoms with Crippen LogP contribution in [0.5, 0.6) is 0 Å². The van der Waals surface area contributed by atoms with E-state index in [4.69, 9.17) is 9.84 Å². The van der Waals surface area contributed by atoms with Crippen molar-refractivity contribution in [3.63, 3.8) is 0 Å². The van der Waals surface area contributed by atoms with Crippen LogP contribution in [0.25, 0.3) is 0 Å². The third kappa shape index (κ3) is 7.30. The number of alkyl carbamates (subject to hydrolysis) is 1. The average molecular weight is 289 g/mol. The van der Waals surface area contributed by atoms with E-state index < -0.39 is 11.6 Å². The summed E-state index contributed by atoms with van der Waals surface area (Å²) in [5.41, 5.74) is -0.474. The fraction of sp³-hybridized carbons (Fsp3) is 0.846. The highest BCUT2D eigenvalue weighted by Crippen LogP contribution is 2.28. The first kappa shape index (κ1) is 16.1. The van der Waals surface area contributed by atoms with Crippen molar-refractivity contribution in [1.29, 1.82) is 0 Å². The lowest BCUT2D eigenvalue weighted by Gasteiger charge is -2.29. The smallest absolute Gasteiger partial charge is 0.407 e. The van der Waals surface area contributed by atoms with Gasteiger partial charge in [0.1, 0.15) is 5.60 Å². The number of thioether (sulfide) groups is 1. The molecule has 5 nitrogen and oxygen atoms in total. The number of hydrogen-bond acceptors (Lipinski definition) is 4. The Morgan fingerprint density at radius 3 is 2.32 bits per heavy atom. The van der Waals surface area contributed by atoms with Crippen LogP contribution in [0.3, 0.4) is 0 Å². The SMILES string of the molecule is CC(C)(C)OC(=O)NC1CCC(SCC(=O)O)CC1. The Balaban J connectivity index is 2.23. The molecule has 0 aromatic heterocycles. The predicted octanol–water partition coefficient (Wildman–Crippen LogP) is 2.64. The van der Waals surface area contributed by atoms with Crippen molar-refractivity contribution in [2.45, 2.75) is 63.3 Å². The number of carbonyl (C=O) groups excluding carboxylic acids is 1. The molecule has 0 saturated heterocycles. The summed E-state index contributed by atoms with van der Waals surface area (Å²) in [4.78, 5) is 22.1. The van der Waals surface area contributed by atoms with E-state index in [2.05, 4.69) is 5.32 Å². The summed E-state index contributed by atoms with van der Waals surface area (Å²) < 4.78 is 5.21. The number of aliphatic carboxylic acids is 1. The Kier molecular flexibility index (Phi) is 5.97. The fourth-order valence-corrected chi connectivity index (χ4v) is 3.02. The topological polar surface area (TPSA) is 75.6 Å². The normalized spacial score (nSPS) is 23.7. The largest absolute Gasteiger partial charge is 0.481 e. The summed E-state index contributed by atoms with van der Waals surface area (Å²) >= 11 is 1.49. The van der Waals surface area contributed by atoms with Gasteiger partial charge in [0.15, 0.2) is 0 Å². The fourth-order valence-electron chi connectivity index (χ4n) is 2.04. The van der Waals surface area contributed by atoms with Gasteiger partial charge < -0.3 is 15.2 Å². The van der Waals surface area contributed by atoms with Gasteiger partial charge in [0, 0.05) is 11.3 Å². The summed E-state index contributed by atoms with van der Waals surface area (Å²) in [6.07, 6.45) is 3.29. The molecule has 0 heterocycles. The molecule has 1 aliphatic rings. The van der Waals surface area contributed by atoms with Gasteiger partial charge in [-0.3, -0.25) is 4.79 Å². The van der Waals surface area contributed by atoms with Crippen molar-refractivity contribution in [2.75, 3.05) is 5.75 Å². The van der Waals surface area contributed by atoms with Crippen molar-refractivity contribution in [2.24, 2.45) is 0 Å². The summed E-state index contributed by atoms with van der Waals surface area (Å²) in [5.74, 6) is -0.603. The lowest BCUT2D eigenvalue weighted by Crippen LogP contribution is -2.41. The second-order valence-corrected chi connectivity index (χ2v) is 7.11. The molecular weight excluding hydrogens is 266 g/mol. The lowest BCUT2D eigenvalue weighted by atomic mass is 9.95. The van der Waals surface area contributed by atoms with Crippen molar-refractivity contribution in [1.82, 2.24) is 5.32 Å². The summed E-state index contributed by atoms with van der Waals surface area (Å²) in [7, 11) is 0. The third-order valence-electron chi connectivity index (χ3n) is 2.84. The first-order chi connectivity index (χ1) is 8.76. The lowest BCUT2D eigenvalue weighted by molar-refractivity contribution is -0.133. The Hall–Kier alpha value is -0.910. The zero-order valence-electron chi connectivity index (χ0n) is 11.8. The van der Waals surface area contributed by atoms with E-state index in [0.717, 1.165) is 25.7 Å². The van der Waals surface area contributed by atoms with E-state index in [1.807, 2.05) is 20.8 Å². The maximum absolute atomic E-state index is 11.6. The monoisotopic (exact) mass is 289 g/mol. The molecule has 0 spiro atoms. The predicted molar refractivity (Wildman–Crippen MR) is 75.5 cm³/mol. The molecule has 1 saturated carbocycles. The van der Waals surface area contributed by atoms with Crippen LogP contribution in [-0.2, 0) is 9.53 Å². The highest BCUT2D eigenvalue weighted by Gasteiger charge is 2.25. The van der Waals surface area contributed by atoms with Gasteiger partial charge in [-0.25, -0.2) is 4.79 Å². The third-order valence-corrected chi connectivity index (χ3v) is 4.19. The minimum atomic E-state index is -0.765. The van der Waals surface area contributed by atoms with Crippen LogP contribution in [0.1, 0.15) is 46.5 Å². The van der Waals surface area contributed by atoms with Crippen LogP contribution in [-0.4, -0.2) is 39.8 Å². The van der Waals surface area contributed by atoms with Gasteiger partial charge in [0.25, 0.3) is 0 Å². The second-order valence-electron chi connectivity index (χ2n) is 5.82. The second kappa shape index (κ2) is 7.03. The highest BCUT2D eigenvalue weighted by molar-refractivity contribution is 8.00. The van der Waals surface area contributed by atoms with E-state index in [0.29, 0.717) is 5.25 Å². The van der Waals surface area contributed by atoms with Crippen molar-refractivity contribution in [3.8, 4) is 0 Å². The van der Waals surface area contributed by atoms with Crippen LogP contribution in [0, 0.1) is 0 Å². The maximum Gasteiger partial charge on any atom is 0.407 e. The van der Waals surface area contributed by atoms with Gasteiger partial charge in [0.2, 0.25) is 0 Å². The van der Waals surface area contributed by atoms with E-state index in [1.54, 1.807) is 0 Å². The highest BCUT2D eigenvalue weighted by atomic mass is 32.2.